The largest absolute Gasteiger partial charge is 0.416 e. The topological polar surface area (TPSA) is 51.2 Å². The van der Waals surface area contributed by atoms with Crippen LogP contribution in [0.3, 0.4) is 0 Å². The Bertz CT molecular complexity index is 430. The van der Waals surface area contributed by atoms with E-state index in [4.69, 9.17) is 4.74 Å². The van der Waals surface area contributed by atoms with Gasteiger partial charge >= 0.3 is 6.18 Å². The molecule has 0 aromatic carbocycles. The number of alkyl halides is 3. The molecular formula is C10H9F3N2O2. The SMILES string of the molecule is O=C(NC1COC1)c1cc(C(F)(F)F)ccn1. The van der Waals surface area contributed by atoms with Crippen LogP contribution in [0.5, 0.6) is 0 Å². The number of ether oxygens (including phenoxy) is 1. The van der Waals surface area contributed by atoms with E-state index in [0.717, 1.165) is 18.3 Å². The molecule has 2 rings (SSSR count). The van der Waals surface area contributed by atoms with Crippen LogP contribution in [0.1, 0.15) is 16.1 Å². The van der Waals surface area contributed by atoms with Crippen molar-refractivity contribution >= 4 is 5.91 Å². The molecule has 1 amide bonds. The Balaban J connectivity index is 2.12. The van der Waals surface area contributed by atoms with E-state index in [9.17, 15) is 18.0 Å². The van der Waals surface area contributed by atoms with Crippen LogP contribution in [0.15, 0.2) is 18.3 Å². The molecule has 1 aromatic rings. The molecule has 0 atom stereocenters. The van der Waals surface area contributed by atoms with Crippen molar-refractivity contribution in [3.63, 3.8) is 0 Å². The summed E-state index contributed by atoms with van der Waals surface area (Å²) >= 11 is 0. The van der Waals surface area contributed by atoms with Crippen LogP contribution in [0.2, 0.25) is 0 Å². The van der Waals surface area contributed by atoms with E-state index in [0.29, 0.717) is 13.2 Å². The van der Waals surface area contributed by atoms with Crippen molar-refractivity contribution in [2.24, 2.45) is 0 Å². The Hall–Kier alpha value is -1.63. The van der Waals surface area contributed by atoms with Gasteiger partial charge in [0.25, 0.3) is 5.91 Å². The van der Waals surface area contributed by atoms with Gasteiger partial charge < -0.3 is 10.1 Å². The first kappa shape index (κ1) is 11.8. The number of amides is 1. The van der Waals surface area contributed by atoms with Crippen molar-refractivity contribution in [1.82, 2.24) is 10.3 Å². The van der Waals surface area contributed by atoms with Crippen LogP contribution < -0.4 is 5.32 Å². The van der Waals surface area contributed by atoms with Crippen molar-refractivity contribution in [1.29, 1.82) is 0 Å². The van der Waals surface area contributed by atoms with E-state index in [1.54, 1.807) is 0 Å². The lowest BCUT2D eigenvalue weighted by Gasteiger charge is -2.26. The van der Waals surface area contributed by atoms with Gasteiger partial charge in [-0.15, -0.1) is 0 Å². The molecule has 1 aromatic heterocycles. The second-order valence-electron chi connectivity index (χ2n) is 3.64. The summed E-state index contributed by atoms with van der Waals surface area (Å²) < 4.78 is 42.0. The molecule has 0 aliphatic carbocycles. The van der Waals surface area contributed by atoms with E-state index in [1.165, 1.54) is 0 Å². The summed E-state index contributed by atoms with van der Waals surface area (Å²) in [6.45, 7) is 0.759. The minimum absolute atomic E-state index is 0.140. The third kappa shape index (κ3) is 2.73. The van der Waals surface area contributed by atoms with Gasteiger partial charge in [0.15, 0.2) is 0 Å². The first-order valence-corrected chi connectivity index (χ1v) is 4.88. The molecule has 1 aliphatic heterocycles. The van der Waals surface area contributed by atoms with E-state index < -0.39 is 17.6 Å². The fourth-order valence-electron chi connectivity index (χ4n) is 1.31. The van der Waals surface area contributed by atoms with Gasteiger partial charge in [-0.25, -0.2) is 0 Å². The highest BCUT2D eigenvalue weighted by Crippen LogP contribution is 2.28. The van der Waals surface area contributed by atoms with E-state index in [2.05, 4.69) is 10.3 Å². The Labute approximate surface area is 94.8 Å². The maximum absolute atomic E-state index is 12.4. The Morgan fingerprint density at radius 1 is 1.47 bits per heavy atom. The van der Waals surface area contributed by atoms with Gasteiger partial charge in [0, 0.05) is 6.20 Å². The molecule has 17 heavy (non-hydrogen) atoms. The number of nitrogens with one attached hydrogen (secondary N) is 1. The zero-order valence-electron chi connectivity index (χ0n) is 8.62. The van der Waals surface area contributed by atoms with Crippen molar-refractivity contribution in [3.8, 4) is 0 Å². The molecule has 1 aliphatic rings. The van der Waals surface area contributed by atoms with Crippen LogP contribution >= 0.6 is 0 Å². The average molecular weight is 246 g/mol. The summed E-state index contributed by atoms with van der Waals surface area (Å²) in [4.78, 5) is 15.1. The first-order chi connectivity index (χ1) is 7.97. The summed E-state index contributed by atoms with van der Waals surface area (Å²) in [5.41, 5.74) is -1.13. The van der Waals surface area contributed by atoms with Gasteiger partial charge in [0.1, 0.15) is 5.69 Å². The molecule has 0 saturated carbocycles. The lowest BCUT2D eigenvalue weighted by molar-refractivity contribution is -0.137. The molecule has 4 nitrogen and oxygen atoms in total. The number of pyridine rings is 1. The van der Waals surface area contributed by atoms with Gasteiger partial charge in [0.05, 0.1) is 24.8 Å². The third-order valence-electron chi connectivity index (χ3n) is 2.29. The predicted molar refractivity (Wildman–Crippen MR) is 51.3 cm³/mol. The van der Waals surface area contributed by atoms with Crippen molar-refractivity contribution in [2.75, 3.05) is 13.2 Å². The number of nitrogens with zero attached hydrogens (tertiary/aromatic N) is 1. The number of hydrogen-bond acceptors (Lipinski definition) is 3. The highest BCUT2D eigenvalue weighted by atomic mass is 19.4. The van der Waals surface area contributed by atoms with Crippen molar-refractivity contribution in [2.45, 2.75) is 12.2 Å². The second-order valence-corrected chi connectivity index (χ2v) is 3.64. The Kier molecular flexibility index (Phi) is 3.01. The lowest BCUT2D eigenvalue weighted by atomic mass is 10.2. The minimum Gasteiger partial charge on any atom is -0.377 e. The molecule has 2 heterocycles. The zero-order valence-corrected chi connectivity index (χ0v) is 8.62. The Morgan fingerprint density at radius 3 is 2.71 bits per heavy atom. The quantitative estimate of drug-likeness (QED) is 0.853. The highest BCUT2D eigenvalue weighted by molar-refractivity contribution is 5.92. The van der Waals surface area contributed by atoms with Crippen LogP contribution in [0, 0.1) is 0 Å². The maximum Gasteiger partial charge on any atom is 0.416 e. The van der Waals surface area contributed by atoms with Crippen LogP contribution in [-0.4, -0.2) is 30.1 Å². The number of carbonyl (C=O) groups excluding carboxylic acids is 1. The van der Waals surface area contributed by atoms with Gasteiger partial charge in [-0.1, -0.05) is 0 Å². The number of halogens is 3. The number of aromatic nitrogens is 1. The fraction of sp³-hybridized carbons (Fsp3) is 0.400. The van der Waals surface area contributed by atoms with Crippen molar-refractivity contribution < 1.29 is 22.7 Å². The Morgan fingerprint density at radius 2 is 2.18 bits per heavy atom. The molecule has 1 fully saturated rings. The standard InChI is InChI=1S/C10H9F3N2O2/c11-10(12,13)6-1-2-14-8(3-6)9(16)15-7-4-17-5-7/h1-3,7H,4-5H2,(H,15,16). The normalized spacial score (nSPS) is 16.4. The van der Waals surface area contributed by atoms with E-state index in [-0.39, 0.29) is 11.7 Å². The second kappa shape index (κ2) is 4.33. The molecule has 0 radical (unpaired) electrons. The predicted octanol–water partition coefficient (Wildman–Crippen LogP) is 1.23. The van der Waals surface area contributed by atoms with Crippen LogP contribution in [0.4, 0.5) is 13.2 Å². The minimum atomic E-state index is -4.47. The van der Waals surface area contributed by atoms with Crippen molar-refractivity contribution in [3.05, 3.63) is 29.6 Å². The van der Waals surface area contributed by atoms with Gasteiger partial charge in [-0.2, -0.15) is 13.2 Å². The summed E-state index contributed by atoms with van der Waals surface area (Å²) in [7, 11) is 0. The molecule has 1 saturated heterocycles. The summed E-state index contributed by atoms with van der Waals surface area (Å²) in [6.07, 6.45) is -3.51. The monoisotopic (exact) mass is 246 g/mol. The fourth-order valence-corrected chi connectivity index (χ4v) is 1.31. The molecule has 0 spiro atoms. The molecule has 0 unspecified atom stereocenters. The summed E-state index contributed by atoms with van der Waals surface area (Å²) in [6, 6.07) is 1.41. The van der Waals surface area contributed by atoms with Gasteiger partial charge in [-0.3, -0.25) is 9.78 Å². The van der Waals surface area contributed by atoms with Gasteiger partial charge in [0.2, 0.25) is 0 Å². The lowest BCUT2D eigenvalue weighted by Crippen LogP contribution is -2.48. The average Bonchev–Trinajstić information content (AvgIpc) is 2.22. The first-order valence-electron chi connectivity index (χ1n) is 4.88. The zero-order chi connectivity index (χ0) is 12.5. The highest BCUT2D eigenvalue weighted by Gasteiger charge is 2.31. The third-order valence-corrected chi connectivity index (χ3v) is 2.29. The summed E-state index contributed by atoms with van der Waals surface area (Å²) in [5.74, 6) is -0.621. The molecular weight excluding hydrogens is 237 g/mol. The summed E-state index contributed by atoms with van der Waals surface area (Å²) in [5, 5.41) is 2.52. The molecule has 7 heteroatoms. The number of hydrogen-bond donors (Lipinski definition) is 1. The van der Waals surface area contributed by atoms with Crippen LogP contribution in [0.25, 0.3) is 0 Å². The van der Waals surface area contributed by atoms with Gasteiger partial charge in [-0.05, 0) is 12.1 Å². The molecule has 1 N–H and O–H groups in total. The smallest absolute Gasteiger partial charge is 0.377 e. The van der Waals surface area contributed by atoms with Crippen LogP contribution in [-0.2, 0) is 10.9 Å². The number of rotatable bonds is 2. The molecule has 92 valence electrons. The van der Waals surface area contributed by atoms with E-state index >= 15 is 0 Å². The number of carbonyl (C=O) groups is 1. The molecule has 0 bridgehead atoms. The van der Waals surface area contributed by atoms with E-state index in [1.807, 2.05) is 0 Å². The maximum atomic E-state index is 12.4.